The van der Waals surface area contributed by atoms with E-state index in [9.17, 15) is 4.79 Å². The van der Waals surface area contributed by atoms with Gasteiger partial charge in [0.2, 0.25) is 11.8 Å². The lowest BCUT2D eigenvalue weighted by Crippen LogP contribution is -2.26. The molecule has 1 amide bonds. The molecule has 0 aliphatic carbocycles. The smallest absolute Gasteiger partial charge is 0.227 e. The molecule has 0 fully saturated rings. The van der Waals surface area contributed by atoms with E-state index in [1.54, 1.807) is 12.4 Å². The van der Waals surface area contributed by atoms with Crippen molar-refractivity contribution in [2.24, 2.45) is 0 Å². The first-order valence-corrected chi connectivity index (χ1v) is 7.08. The molecule has 2 heterocycles. The fraction of sp³-hybridized carbons (Fsp3) is 0.467. The second-order valence-corrected chi connectivity index (χ2v) is 5.27. The molecule has 0 spiro atoms. The van der Waals surface area contributed by atoms with E-state index in [0.717, 1.165) is 5.56 Å². The predicted molar refractivity (Wildman–Crippen MR) is 77.5 cm³/mol. The van der Waals surface area contributed by atoms with E-state index in [1.807, 2.05) is 32.9 Å². The lowest BCUT2D eigenvalue weighted by atomic mass is 10.1. The molecule has 112 valence electrons. The van der Waals surface area contributed by atoms with Crippen molar-refractivity contribution in [3.8, 4) is 0 Å². The monoisotopic (exact) mass is 288 g/mol. The third kappa shape index (κ3) is 4.37. The molecule has 0 saturated heterocycles. The summed E-state index contributed by atoms with van der Waals surface area (Å²) >= 11 is 0. The summed E-state index contributed by atoms with van der Waals surface area (Å²) < 4.78 is 5.12. The molecule has 2 aromatic heterocycles. The molecular weight excluding hydrogens is 268 g/mol. The Morgan fingerprint density at radius 3 is 2.62 bits per heavy atom. The number of pyridine rings is 1. The van der Waals surface area contributed by atoms with Gasteiger partial charge in [-0.2, -0.15) is 4.98 Å². The maximum absolute atomic E-state index is 11.9. The van der Waals surface area contributed by atoms with E-state index in [0.29, 0.717) is 24.6 Å². The molecule has 0 bridgehead atoms. The van der Waals surface area contributed by atoms with Crippen LogP contribution in [0.25, 0.3) is 0 Å². The first-order chi connectivity index (χ1) is 10.1. The summed E-state index contributed by atoms with van der Waals surface area (Å²) in [5.74, 6) is 1.37. The van der Waals surface area contributed by atoms with Gasteiger partial charge in [-0.15, -0.1) is 0 Å². The largest absolute Gasteiger partial charge is 0.350 e. The highest BCUT2D eigenvalue weighted by Gasteiger charge is 2.13. The number of carbonyl (C=O) groups is 1. The van der Waals surface area contributed by atoms with Gasteiger partial charge in [-0.3, -0.25) is 9.78 Å². The Hall–Kier alpha value is -2.24. The van der Waals surface area contributed by atoms with Gasteiger partial charge in [0.15, 0.2) is 5.82 Å². The fourth-order valence-electron chi connectivity index (χ4n) is 1.87. The Bertz CT molecular complexity index is 580. The zero-order chi connectivity index (χ0) is 15.2. The van der Waals surface area contributed by atoms with Gasteiger partial charge in [-0.05, 0) is 24.6 Å². The Morgan fingerprint density at radius 1 is 1.29 bits per heavy atom. The second kappa shape index (κ2) is 6.97. The third-order valence-corrected chi connectivity index (χ3v) is 3.15. The number of aryl methyl sites for hydroxylation is 1. The van der Waals surface area contributed by atoms with E-state index in [-0.39, 0.29) is 17.9 Å². The zero-order valence-electron chi connectivity index (χ0n) is 12.5. The summed E-state index contributed by atoms with van der Waals surface area (Å²) in [6.45, 7) is 5.94. The molecule has 2 rings (SSSR count). The van der Waals surface area contributed by atoms with Crippen molar-refractivity contribution in [2.45, 2.75) is 45.6 Å². The molecule has 0 aliphatic rings. The molecule has 0 radical (unpaired) electrons. The normalized spacial score (nSPS) is 12.4. The van der Waals surface area contributed by atoms with Crippen LogP contribution in [0.5, 0.6) is 0 Å². The fourth-order valence-corrected chi connectivity index (χ4v) is 1.87. The van der Waals surface area contributed by atoms with Gasteiger partial charge < -0.3 is 9.84 Å². The molecule has 0 aliphatic heterocycles. The molecule has 6 heteroatoms. The van der Waals surface area contributed by atoms with Crippen molar-refractivity contribution >= 4 is 5.91 Å². The summed E-state index contributed by atoms with van der Waals surface area (Å²) in [6, 6.07) is 3.73. The summed E-state index contributed by atoms with van der Waals surface area (Å²) in [5, 5.41) is 6.82. The number of amides is 1. The van der Waals surface area contributed by atoms with Gasteiger partial charge in [-0.25, -0.2) is 0 Å². The molecule has 0 saturated carbocycles. The SMILES string of the molecule is CC(C)c1noc(CCC(=O)N[C@H](C)c2ccncc2)n1. The lowest BCUT2D eigenvalue weighted by Gasteiger charge is -2.13. The average molecular weight is 288 g/mol. The van der Waals surface area contributed by atoms with Gasteiger partial charge in [0.25, 0.3) is 0 Å². The number of nitrogens with zero attached hydrogens (tertiary/aromatic N) is 3. The number of rotatable bonds is 6. The number of hydrogen-bond donors (Lipinski definition) is 1. The maximum Gasteiger partial charge on any atom is 0.227 e. The van der Waals surface area contributed by atoms with Crippen LogP contribution in [0.15, 0.2) is 29.0 Å². The quantitative estimate of drug-likeness (QED) is 0.882. The number of carbonyl (C=O) groups excluding carboxylic acids is 1. The van der Waals surface area contributed by atoms with Crippen LogP contribution in [0, 0.1) is 0 Å². The molecule has 0 unspecified atom stereocenters. The second-order valence-electron chi connectivity index (χ2n) is 5.27. The van der Waals surface area contributed by atoms with Crippen LogP contribution in [0.1, 0.15) is 56.4 Å². The minimum Gasteiger partial charge on any atom is -0.350 e. The van der Waals surface area contributed by atoms with Crippen LogP contribution in [0.3, 0.4) is 0 Å². The van der Waals surface area contributed by atoms with E-state index >= 15 is 0 Å². The highest BCUT2D eigenvalue weighted by atomic mass is 16.5. The molecule has 2 aromatic rings. The van der Waals surface area contributed by atoms with Crippen LogP contribution < -0.4 is 5.32 Å². The first-order valence-electron chi connectivity index (χ1n) is 7.08. The Kier molecular flexibility index (Phi) is 5.03. The summed E-state index contributed by atoms with van der Waals surface area (Å²) in [7, 11) is 0. The Labute approximate surface area is 124 Å². The first kappa shape index (κ1) is 15.2. The summed E-state index contributed by atoms with van der Waals surface area (Å²) in [5.41, 5.74) is 1.03. The predicted octanol–water partition coefficient (Wildman–Crippen LogP) is 2.40. The van der Waals surface area contributed by atoms with Crippen molar-refractivity contribution in [1.82, 2.24) is 20.4 Å². The van der Waals surface area contributed by atoms with Crippen molar-refractivity contribution in [1.29, 1.82) is 0 Å². The van der Waals surface area contributed by atoms with E-state index in [2.05, 4.69) is 20.4 Å². The summed E-state index contributed by atoms with van der Waals surface area (Å²) in [4.78, 5) is 20.1. The number of aromatic nitrogens is 3. The molecule has 1 atom stereocenters. The van der Waals surface area contributed by atoms with Crippen molar-refractivity contribution < 1.29 is 9.32 Å². The minimum absolute atomic E-state index is 0.0383. The van der Waals surface area contributed by atoms with Gasteiger partial charge in [-0.1, -0.05) is 19.0 Å². The maximum atomic E-state index is 11.9. The topological polar surface area (TPSA) is 80.9 Å². The van der Waals surface area contributed by atoms with Crippen LogP contribution >= 0.6 is 0 Å². The standard InChI is InChI=1S/C15H20N4O2/c1-10(2)15-18-14(21-19-15)5-4-13(20)17-11(3)12-6-8-16-9-7-12/h6-11H,4-5H2,1-3H3,(H,17,20)/t11-/m1/s1. The number of hydrogen-bond acceptors (Lipinski definition) is 5. The zero-order valence-corrected chi connectivity index (χ0v) is 12.5. The van der Waals surface area contributed by atoms with Crippen LogP contribution in [-0.4, -0.2) is 21.0 Å². The van der Waals surface area contributed by atoms with Crippen LogP contribution in [0.2, 0.25) is 0 Å². The van der Waals surface area contributed by atoms with Crippen LogP contribution in [0.4, 0.5) is 0 Å². The minimum atomic E-state index is -0.0468. The lowest BCUT2D eigenvalue weighted by molar-refractivity contribution is -0.121. The average Bonchev–Trinajstić information content (AvgIpc) is 2.95. The number of nitrogens with one attached hydrogen (secondary N) is 1. The van der Waals surface area contributed by atoms with E-state index < -0.39 is 0 Å². The Morgan fingerprint density at radius 2 is 2.00 bits per heavy atom. The van der Waals surface area contributed by atoms with Gasteiger partial charge in [0.1, 0.15) is 0 Å². The molecule has 21 heavy (non-hydrogen) atoms. The van der Waals surface area contributed by atoms with Gasteiger partial charge in [0.05, 0.1) is 6.04 Å². The van der Waals surface area contributed by atoms with Crippen molar-refractivity contribution in [2.75, 3.05) is 0 Å². The van der Waals surface area contributed by atoms with Crippen LogP contribution in [-0.2, 0) is 11.2 Å². The molecule has 6 nitrogen and oxygen atoms in total. The molecule has 0 aromatic carbocycles. The van der Waals surface area contributed by atoms with Gasteiger partial charge >= 0.3 is 0 Å². The summed E-state index contributed by atoms with van der Waals surface area (Å²) in [6.07, 6.45) is 4.21. The van der Waals surface area contributed by atoms with Crippen molar-refractivity contribution in [3.63, 3.8) is 0 Å². The molecular formula is C15H20N4O2. The molecule has 1 N–H and O–H groups in total. The Balaban J connectivity index is 1.82. The highest BCUT2D eigenvalue weighted by Crippen LogP contribution is 2.12. The van der Waals surface area contributed by atoms with Crippen molar-refractivity contribution in [3.05, 3.63) is 41.8 Å². The van der Waals surface area contributed by atoms with E-state index in [4.69, 9.17) is 4.52 Å². The highest BCUT2D eigenvalue weighted by molar-refractivity contribution is 5.76. The van der Waals surface area contributed by atoms with Gasteiger partial charge in [0, 0.05) is 31.2 Å². The third-order valence-electron chi connectivity index (χ3n) is 3.15. The van der Waals surface area contributed by atoms with E-state index in [1.165, 1.54) is 0 Å².